The molecule has 0 saturated carbocycles. The Morgan fingerprint density at radius 2 is 2.31 bits per heavy atom. The topological polar surface area (TPSA) is 32.3 Å². The van der Waals surface area contributed by atoms with E-state index in [0.29, 0.717) is 6.54 Å². The molecule has 2 rings (SSSR count). The van der Waals surface area contributed by atoms with E-state index < -0.39 is 0 Å². The lowest BCUT2D eigenvalue weighted by molar-refractivity contribution is 0.292. The van der Waals surface area contributed by atoms with Crippen LogP contribution in [0.15, 0.2) is 17.5 Å². The highest BCUT2D eigenvalue weighted by molar-refractivity contribution is 7.26. The molecule has 0 aromatic carbocycles. The lowest BCUT2D eigenvalue weighted by atomic mass is 10.4. The van der Waals surface area contributed by atoms with Crippen molar-refractivity contribution in [1.29, 1.82) is 0 Å². The number of aliphatic hydroxyl groups is 1. The maximum atomic E-state index is 8.59. The Bertz CT molecular complexity index is 351. The van der Waals surface area contributed by atoms with Crippen LogP contribution in [0.4, 0.5) is 0 Å². The fourth-order valence-corrected chi connectivity index (χ4v) is 3.30. The molecule has 0 saturated heterocycles. The molecule has 2 nitrogen and oxygen atoms in total. The number of nitrogens with one attached hydrogen (secondary N) is 1. The smallest absolute Gasteiger partial charge is 0.0556 e. The molecule has 0 amide bonds. The Morgan fingerprint density at radius 3 is 3.08 bits per heavy atom. The van der Waals surface area contributed by atoms with E-state index in [1.165, 1.54) is 14.3 Å². The van der Waals surface area contributed by atoms with Crippen molar-refractivity contribution < 1.29 is 5.11 Å². The van der Waals surface area contributed by atoms with Gasteiger partial charge >= 0.3 is 0 Å². The van der Waals surface area contributed by atoms with Gasteiger partial charge in [0.15, 0.2) is 0 Å². The molecule has 2 heterocycles. The molecule has 0 fully saturated rings. The van der Waals surface area contributed by atoms with Crippen molar-refractivity contribution in [2.24, 2.45) is 0 Å². The molecule has 0 atom stereocenters. The Hall–Kier alpha value is -0.420. The zero-order valence-corrected chi connectivity index (χ0v) is 8.75. The van der Waals surface area contributed by atoms with Crippen LogP contribution in [0.25, 0.3) is 9.40 Å². The Balaban J connectivity index is 2.03. The molecule has 0 radical (unpaired) electrons. The van der Waals surface area contributed by atoms with Gasteiger partial charge in [-0.2, -0.15) is 0 Å². The number of aliphatic hydroxyl groups excluding tert-OH is 1. The van der Waals surface area contributed by atoms with E-state index in [1.807, 2.05) is 11.3 Å². The first-order valence-corrected chi connectivity index (χ1v) is 5.87. The first-order valence-electron chi connectivity index (χ1n) is 4.17. The first-order chi connectivity index (χ1) is 6.40. The van der Waals surface area contributed by atoms with Crippen molar-refractivity contribution in [2.45, 2.75) is 6.54 Å². The van der Waals surface area contributed by atoms with Gasteiger partial charge < -0.3 is 10.4 Å². The minimum atomic E-state index is 0.208. The average molecular weight is 213 g/mol. The molecule has 4 heteroatoms. The summed E-state index contributed by atoms with van der Waals surface area (Å²) in [6.45, 7) is 1.75. The van der Waals surface area contributed by atoms with E-state index in [9.17, 15) is 0 Å². The molecule has 2 aromatic rings. The second-order valence-corrected chi connectivity index (χ2v) is 4.88. The summed E-state index contributed by atoms with van der Waals surface area (Å²) < 4.78 is 2.73. The van der Waals surface area contributed by atoms with Crippen molar-refractivity contribution in [1.82, 2.24) is 5.32 Å². The largest absolute Gasteiger partial charge is 0.395 e. The molecular weight excluding hydrogens is 202 g/mol. The van der Waals surface area contributed by atoms with Crippen LogP contribution in [-0.4, -0.2) is 18.3 Å². The summed E-state index contributed by atoms with van der Waals surface area (Å²) in [4.78, 5) is 1.34. The van der Waals surface area contributed by atoms with Crippen molar-refractivity contribution in [2.75, 3.05) is 13.2 Å². The SMILES string of the molecule is OCCNCc1cc2sccc2s1. The van der Waals surface area contributed by atoms with Crippen LogP contribution in [0, 0.1) is 0 Å². The number of rotatable bonds is 4. The lowest BCUT2D eigenvalue weighted by Gasteiger charge is -1.97. The van der Waals surface area contributed by atoms with Crippen molar-refractivity contribution in [3.05, 3.63) is 22.4 Å². The number of hydrogen-bond acceptors (Lipinski definition) is 4. The Labute approximate surface area is 84.8 Å². The normalized spacial score (nSPS) is 11.2. The average Bonchev–Trinajstić information content (AvgIpc) is 2.64. The standard InChI is InChI=1S/C9H11NOS2/c11-3-2-10-6-7-5-9-8(13-7)1-4-12-9/h1,4-5,10-11H,2-3,6H2. The third-order valence-electron chi connectivity index (χ3n) is 1.78. The minimum Gasteiger partial charge on any atom is -0.395 e. The summed E-state index contributed by atoms with van der Waals surface area (Å²) in [7, 11) is 0. The predicted octanol–water partition coefficient (Wildman–Crippen LogP) is 2.04. The third kappa shape index (κ3) is 2.08. The molecule has 0 spiro atoms. The van der Waals surface area contributed by atoms with Gasteiger partial charge in [-0.25, -0.2) is 0 Å². The molecule has 0 unspecified atom stereocenters. The molecule has 13 heavy (non-hydrogen) atoms. The van der Waals surface area contributed by atoms with Gasteiger partial charge in [0.2, 0.25) is 0 Å². The Morgan fingerprint density at radius 1 is 1.38 bits per heavy atom. The molecule has 2 N–H and O–H groups in total. The predicted molar refractivity (Wildman–Crippen MR) is 58.5 cm³/mol. The molecule has 0 aliphatic heterocycles. The van der Waals surface area contributed by atoms with Gasteiger partial charge in [0, 0.05) is 27.4 Å². The van der Waals surface area contributed by atoms with Crippen LogP contribution in [0.5, 0.6) is 0 Å². The van der Waals surface area contributed by atoms with Crippen LogP contribution >= 0.6 is 22.7 Å². The highest BCUT2D eigenvalue weighted by atomic mass is 32.1. The second-order valence-electron chi connectivity index (χ2n) is 2.76. The van der Waals surface area contributed by atoms with E-state index in [0.717, 1.165) is 6.54 Å². The molecular formula is C9H11NOS2. The first kappa shape index (κ1) is 9.15. The zero-order chi connectivity index (χ0) is 9.10. The maximum Gasteiger partial charge on any atom is 0.0556 e. The van der Waals surface area contributed by atoms with E-state index in [4.69, 9.17) is 5.11 Å². The van der Waals surface area contributed by atoms with Crippen LogP contribution < -0.4 is 5.32 Å². The van der Waals surface area contributed by atoms with Crippen molar-refractivity contribution >= 4 is 32.1 Å². The van der Waals surface area contributed by atoms with E-state index in [-0.39, 0.29) is 6.61 Å². The van der Waals surface area contributed by atoms with E-state index in [2.05, 4.69) is 22.8 Å². The summed E-state index contributed by atoms with van der Waals surface area (Å²) in [6, 6.07) is 4.37. The van der Waals surface area contributed by atoms with Crippen LogP contribution in [0.1, 0.15) is 4.88 Å². The minimum absolute atomic E-state index is 0.208. The summed E-state index contributed by atoms with van der Waals surface area (Å²) in [6.07, 6.45) is 0. The molecule has 0 aliphatic carbocycles. The van der Waals surface area contributed by atoms with Crippen molar-refractivity contribution in [3.63, 3.8) is 0 Å². The van der Waals surface area contributed by atoms with Crippen molar-refractivity contribution in [3.8, 4) is 0 Å². The monoisotopic (exact) mass is 213 g/mol. The van der Waals surface area contributed by atoms with Gasteiger partial charge in [-0.05, 0) is 17.5 Å². The summed E-state index contributed by atoms with van der Waals surface area (Å²) >= 11 is 3.60. The molecule has 2 aromatic heterocycles. The summed E-state index contributed by atoms with van der Waals surface area (Å²) in [5.74, 6) is 0. The van der Waals surface area contributed by atoms with Crippen LogP contribution in [0.3, 0.4) is 0 Å². The van der Waals surface area contributed by atoms with E-state index >= 15 is 0 Å². The van der Waals surface area contributed by atoms with Crippen LogP contribution in [0.2, 0.25) is 0 Å². The Kier molecular flexibility index (Phi) is 2.95. The molecule has 0 bridgehead atoms. The van der Waals surface area contributed by atoms with Crippen LogP contribution in [-0.2, 0) is 6.54 Å². The number of fused-ring (bicyclic) bond motifs is 1. The molecule has 0 aliphatic rings. The van der Waals surface area contributed by atoms with Gasteiger partial charge in [-0.15, -0.1) is 22.7 Å². The van der Waals surface area contributed by atoms with Gasteiger partial charge in [0.05, 0.1) is 6.61 Å². The van der Waals surface area contributed by atoms with Gasteiger partial charge in [-0.1, -0.05) is 0 Å². The van der Waals surface area contributed by atoms with Gasteiger partial charge in [0.1, 0.15) is 0 Å². The highest BCUT2D eigenvalue weighted by Crippen LogP contribution is 2.29. The maximum absolute atomic E-state index is 8.59. The number of hydrogen-bond donors (Lipinski definition) is 2. The van der Waals surface area contributed by atoms with Gasteiger partial charge in [0.25, 0.3) is 0 Å². The molecule has 70 valence electrons. The summed E-state index contributed by atoms with van der Waals surface area (Å²) in [5.41, 5.74) is 0. The number of thiophene rings is 2. The quantitative estimate of drug-likeness (QED) is 0.762. The second kappa shape index (κ2) is 4.19. The zero-order valence-electron chi connectivity index (χ0n) is 7.12. The lowest BCUT2D eigenvalue weighted by Crippen LogP contribution is -2.16. The fourth-order valence-electron chi connectivity index (χ4n) is 1.19. The third-order valence-corrected chi connectivity index (χ3v) is 3.87. The highest BCUT2D eigenvalue weighted by Gasteiger charge is 2.01. The summed E-state index contributed by atoms with van der Waals surface area (Å²) in [5, 5.41) is 13.9. The van der Waals surface area contributed by atoms with Gasteiger partial charge in [-0.3, -0.25) is 0 Å². The van der Waals surface area contributed by atoms with E-state index in [1.54, 1.807) is 11.3 Å². The fraction of sp³-hybridized carbons (Fsp3) is 0.333.